The molecular weight excluding hydrogens is 188 g/mol. The molecule has 2 aromatic heterocycles. The summed E-state index contributed by atoms with van der Waals surface area (Å²) in [5, 5.41) is 10.3. The summed E-state index contributed by atoms with van der Waals surface area (Å²) in [7, 11) is 0. The van der Waals surface area contributed by atoms with Gasteiger partial charge in [-0.3, -0.25) is 5.10 Å². The summed E-state index contributed by atoms with van der Waals surface area (Å²) in [5.74, 6) is 0.670. The Morgan fingerprint density at radius 3 is 3.23 bits per heavy atom. The first-order chi connectivity index (χ1) is 6.36. The van der Waals surface area contributed by atoms with Gasteiger partial charge in [-0.15, -0.1) is 0 Å². The van der Waals surface area contributed by atoms with Crippen LogP contribution in [0.15, 0.2) is 34.2 Å². The molecule has 0 bridgehead atoms. The summed E-state index contributed by atoms with van der Waals surface area (Å²) < 4.78 is 6.93. The molecule has 0 radical (unpaired) electrons. The summed E-state index contributed by atoms with van der Waals surface area (Å²) in [6, 6.07) is 3.59. The summed E-state index contributed by atoms with van der Waals surface area (Å²) in [4.78, 5) is 0. The largest absolute Gasteiger partial charge is 0.463 e. The molecule has 5 nitrogen and oxygen atoms in total. The zero-order valence-electron chi connectivity index (χ0n) is 6.54. The lowest BCUT2D eigenvalue weighted by Gasteiger charge is -1.86. The van der Waals surface area contributed by atoms with Crippen LogP contribution >= 0.6 is 12.2 Å². The van der Waals surface area contributed by atoms with Crippen molar-refractivity contribution in [3.8, 4) is 0 Å². The number of nitrogens with one attached hydrogen (secondary N) is 1. The molecule has 13 heavy (non-hydrogen) atoms. The van der Waals surface area contributed by atoms with Gasteiger partial charge in [0.1, 0.15) is 12.1 Å². The van der Waals surface area contributed by atoms with Crippen LogP contribution in [0.2, 0.25) is 0 Å². The minimum Gasteiger partial charge on any atom is -0.463 e. The number of furan rings is 1. The molecule has 2 aromatic rings. The highest BCUT2D eigenvalue weighted by Gasteiger charge is 1.90. The number of hydrogen-bond acceptors (Lipinski definition) is 4. The molecule has 0 unspecified atom stereocenters. The Morgan fingerprint density at radius 2 is 2.62 bits per heavy atom. The van der Waals surface area contributed by atoms with Crippen molar-refractivity contribution in [3.63, 3.8) is 0 Å². The average molecular weight is 194 g/mol. The number of H-pyrrole nitrogens is 1. The quantitative estimate of drug-likeness (QED) is 0.581. The van der Waals surface area contributed by atoms with Gasteiger partial charge in [0.15, 0.2) is 0 Å². The molecule has 0 atom stereocenters. The predicted octanol–water partition coefficient (Wildman–Crippen LogP) is 1.42. The van der Waals surface area contributed by atoms with E-state index in [2.05, 4.69) is 15.3 Å². The number of nitrogens with zero attached hydrogens (tertiary/aromatic N) is 3. The van der Waals surface area contributed by atoms with E-state index >= 15 is 0 Å². The maximum absolute atomic E-state index is 5.04. The van der Waals surface area contributed by atoms with E-state index in [0.29, 0.717) is 10.5 Å². The maximum atomic E-state index is 5.04. The Bertz CT molecular complexity index is 453. The van der Waals surface area contributed by atoms with Gasteiger partial charge in [0.05, 0.1) is 12.5 Å². The number of aromatic amines is 1. The molecule has 2 rings (SSSR count). The summed E-state index contributed by atoms with van der Waals surface area (Å²) >= 11 is 4.88. The van der Waals surface area contributed by atoms with Crippen LogP contribution in [0, 0.1) is 4.77 Å². The van der Waals surface area contributed by atoms with Crippen molar-refractivity contribution in [2.75, 3.05) is 0 Å². The van der Waals surface area contributed by atoms with Gasteiger partial charge in [0.25, 0.3) is 0 Å². The van der Waals surface area contributed by atoms with E-state index in [1.54, 1.807) is 24.6 Å². The normalized spacial score (nSPS) is 11.1. The van der Waals surface area contributed by atoms with E-state index in [4.69, 9.17) is 16.6 Å². The topological polar surface area (TPSA) is 59.1 Å². The van der Waals surface area contributed by atoms with Crippen molar-refractivity contribution in [3.05, 3.63) is 35.3 Å². The molecule has 0 aliphatic heterocycles. The van der Waals surface area contributed by atoms with Gasteiger partial charge < -0.3 is 4.42 Å². The third kappa shape index (κ3) is 1.73. The molecule has 2 heterocycles. The standard InChI is InChI=1S/C7H6N4OS/c13-7-10-8-5-11(7)9-4-6-2-1-3-12-6/h1-5H,(H,10,13)/b9-4+. The first-order valence-corrected chi connectivity index (χ1v) is 3.97. The lowest BCUT2D eigenvalue weighted by molar-refractivity contribution is 0.559. The SMILES string of the molecule is S=c1[nH]ncn1/N=C/c1ccco1. The Hall–Kier alpha value is -1.69. The molecule has 0 spiro atoms. The third-order valence-electron chi connectivity index (χ3n) is 1.39. The zero-order valence-corrected chi connectivity index (χ0v) is 7.36. The fourth-order valence-corrected chi connectivity index (χ4v) is 0.956. The Morgan fingerprint density at radius 1 is 1.69 bits per heavy atom. The van der Waals surface area contributed by atoms with E-state index in [1.165, 1.54) is 11.0 Å². The number of aromatic nitrogens is 3. The van der Waals surface area contributed by atoms with Gasteiger partial charge in [-0.05, 0) is 24.4 Å². The van der Waals surface area contributed by atoms with Crippen LogP contribution < -0.4 is 0 Å². The van der Waals surface area contributed by atoms with Crippen molar-refractivity contribution in [2.24, 2.45) is 5.10 Å². The highest BCUT2D eigenvalue weighted by Crippen LogP contribution is 1.95. The first kappa shape index (κ1) is 7.93. The third-order valence-corrected chi connectivity index (χ3v) is 1.67. The van der Waals surface area contributed by atoms with Crippen LogP contribution in [0.1, 0.15) is 5.76 Å². The molecule has 0 aromatic carbocycles. The van der Waals surface area contributed by atoms with Gasteiger partial charge in [0, 0.05) is 0 Å². The Balaban J connectivity index is 2.24. The average Bonchev–Trinajstić information content (AvgIpc) is 2.72. The van der Waals surface area contributed by atoms with E-state index in [0.717, 1.165) is 0 Å². The molecule has 66 valence electrons. The maximum Gasteiger partial charge on any atom is 0.216 e. The predicted molar refractivity (Wildman–Crippen MR) is 49.1 cm³/mol. The van der Waals surface area contributed by atoms with Gasteiger partial charge in [0.2, 0.25) is 4.77 Å². The van der Waals surface area contributed by atoms with E-state index < -0.39 is 0 Å². The number of hydrogen-bond donors (Lipinski definition) is 1. The van der Waals surface area contributed by atoms with E-state index in [-0.39, 0.29) is 0 Å². The molecule has 6 heteroatoms. The lowest BCUT2D eigenvalue weighted by atomic mass is 10.5. The second-order valence-electron chi connectivity index (χ2n) is 2.27. The summed E-state index contributed by atoms with van der Waals surface area (Å²) in [5.41, 5.74) is 0. The lowest BCUT2D eigenvalue weighted by Crippen LogP contribution is -1.87. The molecule has 1 N–H and O–H groups in total. The van der Waals surface area contributed by atoms with Crippen molar-refractivity contribution in [1.29, 1.82) is 0 Å². The minimum absolute atomic E-state index is 0.447. The zero-order chi connectivity index (χ0) is 9.10. The minimum atomic E-state index is 0.447. The highest BCUT2D eigenvalue weighted by molar-refractivity contribution is 7.71. The van der Waals surface area contributed by atoms with Crippen molar-refractivity contribution in [1.82, 2.24) is 14.9 Å². The fraction of sp³-hybridized carbons (Fsp3) is 0. The summed E-state index contributed by atoms with van der Waals surface area (Å²) in [6.45, 7) is 0. The van der Waals surface area contributed by atoms with Crippen LogP contribution in [0.25, 0.3) is 0 Å². The van der Waals surface area contributed by atoms with Crippen molar-refractivity contribution in [2.45, 2.75) is 0 Å². The molecular formula is C7H6N4OS. The van der Waals surface area contributed by atoms with Crippen molar-refractivity contribution < 1.29 is 4.42 Å². The molecule has 0 amide bonds. The smallest absolute Gasteiger partial charge is 0.216 e. The monoisotopic (exact) mass is 194 g/mol. The Labute approximate surface area is 78.7 Å². The molecule has 0 saturated heterocycles. The Kier molecular flexibility index (Phi) is 2.05. The van der Waals surface area contributed by atoms with Crippen molar-refractivity contribution >= 4 is 18.4 Å². The second kappa shape index (κ2) is 3.36. The van der Waals surface area contributed by atoms with Crippen LogP contribution in [-0.2, 0) is 0 Å². The summed E-state index contributed by atoms with van der Waals surface area (Å²) in [6.07, 6.45) is 4.63. The van der Waals surface area contributed by atoms with Crippen LogP contribution in [-0.4, -0.2) is 21.1 Å². The van der Waals surface area contributed by atoms with Gasteiger partial charge in [-0.1, -0.05) is 0 Å². The molecule has 0 fully saturated rings. The molecule has 0 aliphatic rings. The van der Waals surface area contributed by atoms with E-state index in [1.807, 2.05) is 0 Å². The van der Waals surface area contributed by atoms with E-state index in [9.17, 15) is 0 Å². The molecule has 0 saturated carbocycles. The van der Waals surface area contributed by atoms with Gasteiger partial charge >= 0.3 is 0 Å². The van der Waals surface area contributed by atoms with Crippen LogP contribution in [0.4, 0.5) is 0 Å². The fourth-order valence-electron chi connectivity index (χ4n) is 0.809. The van der Waals surface area contributed by atoms with Gasteiger partial charge in [-0.25, -0.2) is 0 Å². The van der Waals surface area contributed by atoms with Crippen LogP contribution in [0.3, 0.4) is 0 Å². The van der Waals surface area contributed by atoms with Crippen LogP contribution in [0.5, 0.6) is 0 Å². The highest BCUT2D eigenvalue weighted by atomic mass is 32.1. The number of rotatable bonds is 2. The molecule has 0 aliphatic carbocycles. The van der Waals surface area contributed by atoms with Gasteiger partial charge in [-0.2, -0.15) is 14.9 Å². The second-order valence-corrected chi connectivity index (χ2v) is 2.65. The first-order valence-electron chi connectivity index (χ1n) is 3.56.